The van der Waals surface area contributed by atoms with Crippen molar-refractivity contribution in [3.63, 3.8) is 0 Å². The molecule has 1 amide bonds. The van der Waals surface area contributed by atoms with Gasteiger partial charge in [-0.3, -0.25) is 4.79 Å². The highest BCUT2D eigenvalue weighted by atomic mass is 32.2. The van der Waals surface area contributed by atoms with E-state index in [1.54, 1.807) is 30.3 Å². The fourth-order valence-electron chi connectivity index (χ4n) is 3.44. The average Bonchev–Trinajstić information content (AvgIpc) is 3.23. The number of imidazole rings is 1. The van der Waals surface area contributed by atoms with Gasteiger partial charge in [-0.15, -0.1) is 0 Å². The van der Waals surface area contributed by atoms with Crippen molar-refractivity contribution >= 4 is 26.8 Å². The van der Waals surface area contributed by atoms with Crippen molar-refractivity contribution in [1.82, 2.24) is 15.3 Å². The van der Waals surface area contributed by atoms with E-state index in [2.05, 4.69) is 15.3 Å². The highest BCUT2D eigenvalue weighted by Crippen LogP contribution is 2.20. The SMILES string of the molecule is O=C(CCS(=O)(=O)c1ccccc1)N[C@@H](Cc1ccccc1)c1nc2ccccc2[nH]1. The lowest BCUT2D eigenvalue weighted by Crippen LogP contribution is -2.32. The van der Waals surface area contributed by atoms with Gasteiger partial charge in [0.05, 0.1) is 27.7 Å². The van der Waals surface area contributed by atoms with Crippen LogP contribution in [0.4, 0.5) is 0 Å². The van der Waals surface area contributed by atoms with E-state index in [0.717, 1.165) is 16.6 Å². The van der Waals surface area contributed by atoms with Gasteiger partial charge in [-0.2, -0.15) is 0 Å². The lowest BCUT2D eigenvalue weighted by Gasteiger charge is -2.17. The lowest BCUT2D eigenvalue weighted by molar-refractivity contribution is -0.121. The van der Waals surface area contributed by atoms with Gasteiger partial charge in [-0.1, -0.05) is 60.7 Å². The van der Waals surface area contributed by atoms with Crippen molar-refractivity contribution in [2.45, 2.75) is 23.8 Å². The van der Waals surface area contributed by atoms with Gasteiger partial charge in [0, 0.05) is 6.42 Å². The van der Waals surface area contributed by atoms with Crippen LogP contribution in [0.15, 0.2) is 89.8 Å². The molecule has 0 saturated heterocycles. The molecule has 0 aliphatic heterocycles. The Hall–Kier alpha value is -3.45. The minimum absolute atomic E-state index is 0.122. The molecule has 0 unspecified atom stereocenters. The van der Waals surface area contributed by atoms with Crippen LogP contribution in [-0.2, 0) is 21.1 Å². The molecule has 4 aromatic rings. The first-order valence-corrected chi connectivity index (χ1v) is 11.7. The van der Waals surface area contributed by atoms with Crippen LogP contribution >= 0.6 is 0 Å². The van der Waals surface area contributed by atoms with E-state index < -0.39 is 15.9 Å². The molecule has 0 aliphatic rings. The third kappa shape index (κ3) is 5.19. The molecule has 31 heavy (non-hydrogen) atoms. The molecule has 0 saturated carbocycles. The van der Waals surface area contributed by atoms with Gasteiger partial charge in [-0.05, 0) is 36.2 Å². The first-order chi connectivity index (χ1) is 15.0. The van der Waals surface area contributed by atoms with Gasteiger partial charge in [0.15, 0.2) is 9.84 Å². The maximum Gasteiger partial charge on any atom is 0.221 e. The highest BCUT2D eigenvalue weighted by molar-refractivity contribution is 7.91. The van der Waals surface area contributed by atoms with Crippen LogP contribution in [0, 0.1) is 0 Å². The summed E-state index contributed by atoms with van der Waals surface area (Å²) < 4.78 is 25.0. The largest absolute Gasteiger partial charge is 0.346 e. The van der Waals surface area contributed by atoms with E-state index in [0.29, 0.717) is 12.2 Å². The normalized spacial score (nSPS) is 12.5. The van der Waals surface area contributed by atoms with Gasteiger partial charge in [0.1, 0.15) is 5.82 Å². The Bertz CT molecular complexity index is 1240. The van der Waals surface area contributed by atoms with Gasteiger partial charge < -0.3 is 10.3 Å². The highest BCUT2D eigenvalue weighted by Gasteiger charge is 2.21. The zero-order valence-electron chi connectivity index (χ0n) is 16.9. The predicted octanol–water partition coefficient (Wildman–Crippen LogP) is 3.83. The summed E-state index contributed by atoms with van der Waals surface area (Å²) in [5.74, 6) is 0.0614. The summed E-state index contributed by atoms with van der Waals surface area (Å²) in [6.07, 6.45) is 0.417. The predicted molar refractivity (Wildman–Crippen MR) is 120 cm³/mol. The van der Waals surface area contributed by atoms with E-state index >= 15 is 0 Å². The number of fused-ring (bicyclic) bond motifs is 1. The molecule has 3 aromatic carbocycles. The molecule has 0 aliphatic carbocycles. The molecular formula is C24H23N3O3S. The number of benzene rings is 3. The summed E-state index contributed by atoms with van der Waals surface area (Å²) in [7, 11) is -3.52. The third-order valence-corrected chi connectivity index (χ3v) is 6.79. The first kappa shape index (κ1) is 20.8. The number of rotatable bonds is 8. The second-order valence-electron chi connectivity index (χ2n) is 7.33. The van der Waals surface area contributed by atoms with E-state index in [-0.39, 0.29) is 23.0 Å². The summed E-state index contributed by atoms with van der Waals surface area (Å²) in [4.78, 5) is 20.8. The Morgan fingerprint density at radius 3 is 2.26 bits per heavy atom. The van der Waals surface area contributed by atoms with Gasteiger partial charge in [0.25, 0.3) is 0 Å². The number of nitrogens with one attached hydrogen (secondary N) is 2. The fraction of sp³-hybridized carbons (Fsp3) is 0.167. The lowest BCUT2D eigenvalue weighted by atomic mass is 10.1. The number of amides is 1. The number of aromatic nitrogens is 2. The maximum absolute atomic E-state index is 12.7. The summed E-state index contributed by atoms with van der Waals surface area (Å²) in [5, 5.41) is 2.97. The number of carbonyl (C=O) groups is 1. The smallest absolute Gasteiger partial charge is 0.221 e. The quantitative estimate of drug-likeness (QED) is 0.442. The topological polar surface area (TPSA) is 91.9 Å². The number of nitrogens with zero attached hydrogens (tertiary/aromatic N) is 1. The summed E-state index contributed by atoms with van der Waals surface area (Å²) in [6.45, 7) is 0. The number of hydrogen-bond donors (Lipinski definition) is 2. The second kappa shape index (κ2) is 9.14. The molecule has 1 heterocycles. The molecule has 0 fully saturated rings. The van der Waals surface area contributed by atoms with Crippen LogP contribution in [-0.4, -0.2) is 30.0 Å². The second-order valence-corrected chi connectivity index (χ2v) is 9.44. The molecular weight excluding hydrogens is 410 g/mol. The van der Waals surface area contributed by atoms with Crippen LogP contribution in [0.5, 0.6) is 0 Å². The molecule has 0 bridgehead atoms. The third-order valence-electron chi connectivity index (χ3n) is 5.06. The molecule has 158 valence electrons. The zero-order valence-corrected chi connectivity index (χ0v) is 17.7. The number of H-pyrrole nitrogens is 1. The monoisotopic (exact) mass is 433 g/mol. The molecule has 1 atom stereocenters. The maximum atomic E-state index is 12.7. The number of hydrogen-bond acceptors (Lipinski definition) is 4. The summed E-state index contributed by atoms with van der Waals surface area (Å²) >= 11 is 0. The Morgan fingerprint density at radius 2 is 1.55 bits per heavy atom. The molecule has 0 radical (unpaired) electrons. The molecule has 4 rings (SSSR count). The van der Waals surface area contributed by atoms with Crippen molar-refractivity contribution in [2.75, 3.05) is 5.75 Å². The van der Waals surface area contributed by atoms with Crippen LogP contribution in [0.25, 0.3) is 11.0 Å². The number of para-hydroxylation sites is 2. The minimum atomic E-state index is -3.52. The van der Waals surface area contributed by atoms with E-state index in [1.165, 1.54) is 0 Å². The van der Waals surface area contributed by atoms with Crippen LogP contribution < -0.4 is 5.32 Å². The van der Waals surface area contributed by atoms with Crippen LogP contribution in [0.2, 0.25) is 0 Å². The Balaban J connectivity index is 1.50. The van der Waals surface area contributed by atoms with Gasteiger partial charge in [0.2, 0.25) is 5.91 Å². The molecule has 1 aromatic heterocycles. The zero-order chi connectivity index (χ0) is 21.7. The number of sulfone groups is 1. The van der Waals surface area contributed by atoms with Crippen molar-refractivity contribution in [3.05, 3.63) is 96.3 Å². The van der Waals surface area contributed by atoms with Crippen molar-refractivity contribution in [1.29, 1.82) is 0 Å². The standard InChI is InChI=1S/C24H23N3O3S/c28-23(15-16-31(29,30)19-11-5-2-6-12-19)25-22(17-18-9-3-1-4-10-18)24-26-20-13-7-8-14-21(20)27-24/h1-14,22H,15-17H2,(H,25,28)(H,26,27)/t22-/m0/s1. The Kier molecular flexibility index (Phi) is 6.13. The molecule has 7 heteroatoms. The van der Waals surface area contributed by atoms with Crippen molar-refractivity contribution in [2.24, 2.45) is 0 Å². The molecule has 2 N–H and O–H groups in total. The van der Waals surface area contributed by atoms with Gasteiger partial charge in [-0.25, -0.2) is 13.4 Å². The number of carbonyl (C=O) groups excluding carboxylic acids is 1. The Labute approximate surface area is 181 Å². The first-order valence-electron chi connectivity index (χ1n) is 10.1. The summed E-state index contributed by atoms with van der Waals surface area (Å²) in [5.41, 5.74) is 2.75. The van der Waals surface area contributed by atoms with E-state index in [9.17, 15) is 13.2 Å². The molecule has 6 nitrogen and oxygen atoms in total. The minimum Gasteiger partial charge on any atom is -0.346 e. The van der Waals surface area contributed by atoms with Crippen molar-refractivity contribution < 1.29 is 13.2 Å². The summed E-state index contributed by atoms with van der Waals surface area (Å²) in [6, 6.07) is 25.2. The fourth-order valence-corrected chi connectivity index (χ4v) is 4.70. The van der Waals surface area contributed by atoms with E-state index in [4.69, 9.17) is 0 Å². The van der Waals surface area contributed by atoms with Gasteiger partial charge >= 0.3 is 0 Å². The van der Waals surface area contributed by atoms with Crippen LogP contribution in [0.3, 0.4) is 0 Å². The van der Waals surface area contributed by atoms with Crippen molar-refractivity contribution in [3.8, 4) is 0 Å². The van der Waals surface area contributed by atoms with E-state index in [1.807, 2.05) is 54.6 Å². The van der Waals surface area contributed by atoms with Crippen LogP contribution in [0.1, 0.15) is 23.9 Å². The Morgan fingerprint density at radius 1 is 0.903 bits per heavy atom. The average molecular weight is 434 g/mol. The number of aromatic amines is 1. The molecule has 0 spiro atoms.